The van der Waals surface area contributed by atoms with Gasteiger partial charge in [0.2, 0.25) is 0 Å². The topological polar surface area (TPSA) is 87.0 Å². The number of nitrogens with one attached hydrogen (secondary N) is 2. The van der Waals surface area contributed by atoms with E-state index in [2.05, 4.69) is 25.2 Å². The van der Waals surface area contributed by atoms with Crippen molar-refractivity contribution in [2.45, 2.75) is 37.9 Å². The highest BCUT2D eigenvalue weighted by molar-refractivity contribution is 7.18. The zero-order valence-electron chi connectivity index (χ0n) is 17.4. The van der Waals surface area contributed by atoms with Crippen LogP contribution in [0.2, 0.25) is 0 Å². The van der Waals surface area contributed by atoms with Crippen molar-refractivity contribution in [1.29, 1.82) is 0 Å². The van der Waals surface area contributed by atoms with Crippen LogP contribution in [0, 0.1) is 5.41 Å². The third-order valence-electron chi connectivity index (χ3n) is 6.58. The van der Waals surface area contributed by atoms with Crippen LogP contribution in [-0.2, 0) is 6.42 Å². The van der Waals surface area contributed by atoms with Gasteiger partial charge >= 0.3 is 11.9 Å². The summed E-state index contributed by atoms with van der Waals surface area (Å²) in [7, 11) is 0. The van der Waals surface area contributed by atoms with Gasteiger partial charge in [0.05, 0.1) is 17.3 Å². The molecule has 1 aliphatic carbocycles. The molecule has 1 spiro atoms. The number of oxazole rings is 1. The number of anilines is 2. The summed E-state index contributed by atoms with van der Waals surface area (Å²) in [5.41, 5.74) is 2.29. The molecule has 2 fully saturated rings. The van der Waals surface area contributed by atoms with Gasteiger partial charge in [0.25, 0.3) is 0 Å². The van der Waals surface area contributed by atoms with E-state index in [1.54, 1.807) is 6.07 Å². The van der Waals surface area contributed by atoms with Gasteiger partial charge in [0.1, 0.15) is 17.0 Å². The van der Waals surface area contributed by atoms with Crippen LogP contribution in [0.1, 0.15) is 24.1 Å². The molecule has 1 saturated heterocycles. The summed E-state index contributed by atoms with van der Waals surface area (Å²) in [5, 5.41) is 4.25. The number of aromatic nitrogens is 3. The maximum absolute atomic E-state index is 12.8. The largest absolute Gasteiger partial charge is 0.417 e. The smallest absolute Gasteiger partial charge is 0.408 e. The second kappa shape index (κ2) is 7.21. The Hall–Kier alpha value is -3.08. The highest BCUT2D eigenvalue weighted by atomic mass is 32.1. The van der Waals surface area contributed by atoms with E-state index in [1.807, 2.05) is 18.2 Å². The first-order chi connectivity index (χ1) is 15.8. The van der Waals surface area contributed by atoms with E-state index in [9.17, 15) is 18.0 Å². The van der Waals surface area contributed by atoms with Crippen LogP contribution >= 0.6 is 11.3 Å². The van der Waals surface area contributed by atoms with E-state index in [0.29, 0.717) is 27.4 Å². The minimum atomic E-state index is -4.24. The molecule has 7 nitrogen and oxygen atoms in total. The van der Waals surface area contributed by atoms with Crippen molar-refractivity contribution in [1.82, 2.24) is 15.0 Å². The molecule has 33 heavy (non-hydrogen) atoms. The van der Waals surface area contributed by atoms with Gasteiger partial charge in [-0.1, -0.05) is 0 Å². The van der Waals surface area contributed by atoms with Gasteiger partial charge < -0.3 is 14.6 Å². The fourth-order valence-electron chi connectivity index (χ4n) is 5.23. The maximum atomic E-state index is 12.8. The van der Waals surface area contributed by atoms with Gasteiger partial charge in [-0.05, 0) is 37.5 Å². The first-order valence-electron chi connectivity index (χ1n) is 10.7. The minimum absolute atomic E-state index is 0.171. The molecule has 11 heteroatoms. The van der Waals surface area contributed by atoms with Crippen LogP contribution in [-0.4, -0.2) is 40.3 Å². The minimum Gasteiger partial charge on any atom is -0.408 e. The highest BCUT2D eigenvalue weighted by Gasteiger charge is 2.49. The number of hydrogen-bond donors (Lipinski definition) is 2. The molecule has 1 aliphatic heterocycles. The molecule has 6 rings (SSSR count). The van der Waals surface area contributed by atoms with Gasteiger partial charge in [-0.3, -0.25) is 4.98 Å². The van der Waals surface area contributed by atoms with E-state index in [1.165, 1.54) is 6.33 Å². The predicted octanol–water partition coefficient (Wildman–Crippen LogP) is 4.70. The Morgan fingerprint density at radius 1 is 1.27 bits per heavy atom. The molecule has 172 valence electrons. The summed E-state index contributed by atoms with van der Waals surface area (Å²) in [5.74, 6) is 0.256. The van der Waals surface area contributed by atoms with Gasteiger partial charge in [-0.15, -0.1) is 11.3 Å². The third kappa shape index (κ3) is 3.84. The number of nitrogens with zero attached hydrogens (tertiary/aromatic N) is 3. The summed E-state index contributed by atoms with van der Waals surface area (Å²) in [4.78, 5) is 25.6. The first-order valence-corrected chi connectivity index (χ1v) is 11.5. The molecule has 1 saturated carbocycles. The Balaban J connectivity index is 1.14. The van der Waals surface area contributed by atoms with Crippen LogP contribution in [0.15, 0.2) is 39.8 Å². The number of halogens is 3. The predicted molar refractivity (Wildman–Crippen MR) is 120 cm³/mol. The summed E-state index contributed by atoms with van der Waals surface area (Å²) in [6.07, 6.45) is -0.655. The van der Waals surface area contributed by atoms with Crippen LogP contribution in [0.5, 0.6) is 0 Å². The lowest BCUT2D eigenvalue weighted by Gasteiger charge is -2.49. The maximum Gasteiger partial charge on any atom is 0.417 e. The van der Waals surface area contributed by atoms with E-state index in [4.69, 9.17) is 4.42 Å². The second-order valence-electron chi connectivity index (χ2n) is 9.09. The van der Waals surface area contributed by atoms with Crippen molar-refractivity contribution in [3.05, 3.63) is 46.0 Å². The number of hydrogen-bond acceptors (Lipinski definition) is 7. The average Bonchev–Trinajstić information content (AvgIpc) is 3.40. The van der Waals surface area contributed by atoms with Crippen LogP contribution in [0.3, 0.4) is 0 Å². The van der Waals surface area contributed by atoms with Crippen LogP contribution in [0.25, 0.3) is 21.3 Å². The number of thiophene rings is 1. The summed E-state index contributed by atoms with van der Waals surface area (Å²) >= 11 is 1.08. The fraction of sp³-hybridized carbons (Fsp3) is 0.409. The molecular weight excluding hydrogens is 455 g/mol. The molecule has 4 heterocycles. The van der Waals surface area contributed by atoms with E-state index < -0.39 is 18.4 Å². The number of alkyl halides is 3. The van der Waals surface area contributed by atoms with Gasteiger partial charge in [-0.2, -0.15) is 13.2 Å². The van der Waals surface area contributed by atoms with Crippen molar-refractivity contribution in [3.8, 4) is 0 Å². The SMILES string of the molecule is O=c1[nH]c2ccc(N[C@H]3CCC4(C3)CN(c3ncnc5sc(CC(F)(F)F)cc35)C4)cc2o1. The Labute approximate surface area is 189 Å². The van der Waals surface area contributed by atoms with Gasteiger partial charge in [0.15, 0.2) is 5.58 Å². The Bertz CT molecular complexity index is 1400. The van der Waals surface area contributed by atoms with Gasteiger partial charge in [0, 0.05) is 41.2 Å². The molecule has 0 bridgehead atoms. The quantitative estimate of drug-likeness (QED) is 0.445. The molecule has 0 unspecified atom stereocenters. The molecule has 4 aromatic rings. The molecule has 1 aromatic carbocycles. The van der Waals surface area contributed by atoms with E-state index in [0.717, 1.165) is 55.2 Å². The van der Waals surface area contributed by atoms with E-state index >= 15 is 0 Å². The fourth-order valence-corrected chi connectivity index (χ4v) is 6.25. The molecule has 0 radical (unpaired) electrons. The molecule has 2 N–H and O–H groups in total. The summed E-state index contributed by atoms with van der Waals surface area (Å²) in [6.45, 7) is 1.65. The van der Waals surface area contributed by atoms with Crippen LogP contribution < -0.4 is 16.0 Å². The Morgan fingerprint density at radius 2 is 2.12 bits per heavy atom. The standard InChI is InChI=1S/C22H20F3N5O2S/c23-22(24,25)8-14-6-15-18(26-11-27-19(15)33-14)30-9-21(10-30)4-3-13(7-21)28-12-1-2-16-17(5-12)32-20(31)29-16/h1-2,5-6,11,13,28H,3-4,7-10H2,(H,29,31)/t13-/m0/s1. The monoisotopic (exact) mass is 475 g/mol. The van der Waals surface area contributed by atoms with Crippen LogP contribution in [0.4, 0.5) is 24.7 Å². The highest BCUT2D eigenvalue weighted by Crippen LogP contribution is 2.48. The molecule has 1 atom stereocenters. The van der Waals surface area contributed by atoms with Crippen molar-refractivity contribution in [2.24, 2.45) is 5.41 Å². The Kier molecular flexibility index (Phi) is 4.48. The lowest BCUT2D eigenvalue weighted by molar-refractivity contribution is -0.126. The zero-order valence-corrected chi connectivity index (χ0v) is 18.2. The lowest BCUT2D eigenvalue weighted by Crippen LogP contribution is -2.56. The molecule has 2 aliphatic rings. The number of H-pyrrole nitrogens is 1. The van der Waals surface area contributed by atoms with E-state index in [-0.39, 0.29) is 10.3 Å². The van der Waals surface area contributed by atoms with Crippen molar-refractivity contribution in [3.63, 3.8) is 0 Å². The normalized spacial score (nSPS) is 20.1. The van der Waals surface area contributed by atoms with Crippen molar-refractivity contribution in [2.75, 3.05) is 23.3 Å². The molecule has 0 amide bonds. The van der Waals surface area contributed by atoms with Crippen molar-refractivity contribution >= 4 is 44.2 Å². The number of fused-ring (bicyclic) bond motifs is 2. The molecule has 3 aromatic heterocycles. The summed E-state index contributed by atoms with van der Waals surface area (Å²) in [6, 6.07) is 7.48. The second-order valence-corrected chi connectivity index (χ2v) is 10.2. The van der Waals surface area contributed by atoms with Crippen molar-refractivity contribution < 1.29 is 17.6 Å². The third-order valence-corrected chi connectivity index (χ3v) is 7.62. The number of rotatable bonds is 4. The molecular formula is C22H20F3N5O2S. The number of benzene rings is 1. The summed E-state index contributed by atoms with van der Waals surface area (Å²) < 4.78 is 43.6. The number of aromatic amines is 1. The zero-order chi connectivity index (χ0) is 22.8. The Morgan fingerprint density at radius 3 is 2.94 bits per heavy atom. The first kappa shape index (κ1) is 20.5. The van der Waals surface area contributed by atoms with Gasteiger partial charge in [-0.25, -0.2) is 14.8 Å². The lowest BCUT2D eigenvalue weighted by atomic mass is 9.78. The average molecular weight is 475 g/mol.